The molecule has 0 N–H and O–H groups in total. The topological polar surface area (TPSA) is 0 Å². The van der Waals surface area contributed by atoms with E-state index in [1.807, 2.05) is 6.08 Å². The van der Waals surface area contributed by atoms with Crippen LogP contribution >= 0.6 is 24.8 Å². The third-order valence-electron chi connectivity index (χ3n) is 1.92. The van der Waals surface area contributed by atoms with Crippen molar-refractivity contribution >= 4 is 24.8 Å². The summed E-state index contributed by atoms with van der Waals surface area (Å²) in [5, 5.41) is 0. The zero-order valence-corrected chi connectivity index (χ0v) is 12.2. The van der Waals surface area contributed by atoms with E-state index in [2.05, 4.69) is 49.6 Å². The van der Waals surface area contributed by atoms with Crippen LogP contribution in [0.2, 0.25) is 0 Å². The molecule has 0 heterocycles. The molecule has 98 valence electrons. The lowest BCUT2D eigenvalue weighted by atomic mass is 10.2. The predicted octanol–water partition coefficient (Wildman–Crippen LogP) is 5.81. The summed E-state index contributed by atoms with van der Waals surface area (Å²) in [4.78, 5) is 0. The maximum Gasteiger partial charge on any atom is -0.0209 e. The minimum Gasteiger partial charge on any atom is -0.147 e. The Morgan fingerprint density at radius 3 is 2.29 bits per heavy atom. The van der Waals surface area contributed by atoms with Crippen molar-refractivity contribution in [2.45, 2.75) is 39.0 Å². The molecule has 0 amide bonds. The fourth-order valence-electron chi connectivity index (χ4n) is 1.12. The number of hydrogen-bond acceptors (Lipinski definition) is 0. The third kappa shape index (κ3) is 21.2. The van der Waals surface area contributed by atoms with E-state index in [1.54, 1.807) is 6.08 Å². The standard InChI is InChI=1S/C15H22.2ClH/c1-3-5-7-9-11-13-15-14-12-10-8-6-4-2;;/h3,5-6,8-10,12H,1,4,11,13-15H2,2H3;2*1H/b8-6+,12-10+;;. The molecule has 0 spiro atoms. The van der Waals surface area contributed by atoms with Gasteiger partial charge in [-0.3, -0.25) is 0 Å². The van der Waals surface area contributed by atoms with Gasteiger partial charge < -0.3 is 0 Å². The molecule has 0 nitrogen and oxygen atoms in total. The first kappa shape index (κ1) is 21.6. The number of unbranched alkanes of at least 4 members (excludes halogenated alkanes) is 3. The van der Waals surface area contributed by atoms with Crippen LogP contribution in [0.1, 0.15) is 39.0 Å². The van der Waals surface area contributed by atoms with Crippen molar-refractivity contribution in [3.63, 3.8) is 0 Å². The van der Waals surface area contributed by atoms with Crippen LogP contribution in [0.5, 0.6) is 0 Å². The second-order valence-electron chi connectivity index (χ2n) is 3.32. The van der Waals surface area contributed by atoms with E-state index in [4.69, 9.17) is 0 Å². The molecule has 0 atom stereocenters. The van der Waals surface area contributed by atoms with Gasteiger partial charge in [-0.05, 0) is 44.3 Å². The summed E-state index contributed by atoms with van der Waals surface area (Å²) in [7, 11) is 0. The summed E-state index contributed by atoms with van der Waals surface area (Å²) >= 11 is 0. The van der Waals surface area contributed by atoms with Gasteiger partial charge in [0, 0.05) is 0 Å². The fraction of sp³-hybridized carbons (Fsp3) is 0.400. The summed E-state index contributed by atoms with van der Waals surface area (Å²) in [5.74, 6) is 0. The first-order valence-corrected chi connectivity index (χ1v) is 5.75. The van der Waals surface area contributed by atoms with Crippen LogP contribution in [0.25, 0.3) is 0 Å². The number of rotatable bonds is 8. The van der Waals surface area contributed by atoms with Gasteiger partial charge in [-0.1, -0.05) is 43.9 Å². The van der Waals surface area contributed by atoms with Crippen LogP contribution in [0.3, 0.4) is 0 Å². The van der Waals surface area contributed by atoms with Gasteiger partial charge in [0.2, 0.25) is 0 Å². The summed E-state index contributed by atoms with van der Waals surface area (Å²) in [6, 6.07) is 0. The number of halogens is 2. The van der Waals surface area contributed by atoms with Crippen molar-refractivity contribution in [1.82, 2.24) is 0 Å². The highest BCUT2D eigenvalue weighted by Crippen LogP contribution is 2.01. The quantitative estimate of drug-likeness (QED) is 0.298. The maximum absolute atomic E-state index is 3.59. The monoisotopic (exact) mass is 274 g/mol. The molecule has 0 aromatic heterocycles. The maximum atomic E-state index is 3.59. The van der Waals surface area contributed by atoms with E-state index in [9.17, 15) is 0 Å². The highest BCUT2D eigenvalue weighted by molar-refractivity contribution is 5.85. The predicted molar refractivity (Wildman–Crippen MR) is 84.4 cm³/mol. The Kier molecular flexibility index (Phi) is 26.3. The Hall–Kier alpha value is -0.680. The van der Waals surface area contributed by atoms with Gasteiger partial charge in [-0.2, -0.15) is 0 Å². The van der Waals surface area contributed by atoms with E-state index in [0.29, 0.717) is 0 Å². The van der Waals surface area contributed by atoms with Crippen molar-refractivity contribution in [3.05, 3.63) is 54.8 Å². The van der Waals surface area contributed by atoms with E-state index in [1.165, 1.54) is 19.3 Å². The van der Waals surface area contributed by atoms with Gasteiger partial charge >= 0.3 is 0 Å². The molecule has 0 bridgehead atoms. The van der Waals surface area contributed by atoms with Gasteiger partial charge in [0.05, 0.1) is 0 Å². The number of allylic oxidation sites excluding steroid dienone is 6. The molecule has 0 rings (SSSR count). The van der Waals surface area contributed by atoms with Crippen molar-refractivity contribution in [2.24, 2.45) is 0 Å². The van der Waals surface area contributed by atoms with E-state index >= 15 is 0 Å². The molecular formula is C15H24Cl2. The average Bonchev–Trinajstić information content (AvgIpc) is 2.26. The molecule has 0 aliphatic carbocycles. The van der Waals surface area contributed by atoms with E-state index in [-0.39, 0.29) is 24.8 Å². The zero-order valence-electron chi connectivity index (χ0n) is 10.6. The van der Waals surface area contributed by atoms with Crippen molar-refractivity contribution in [1.29, 1.82) is 0 Å². The highest BCUT2D eigenvalue weighted by Gasteiger charge is 1.81. The minimum atomic E-state index is 0. The summed E-state index contributed by atoms with van der Waals surface area (Å²) in [5.41, 5.74) is 3.06. The molecular weight excluding hydrogens is 251 g/mol. The molecule has 17 heavy (non-hydrogen) atoms. The van der Waals surface area contributed by atoms with Crippen LogP contribution in [0, 0.1) is 0 Å². The van der Waals surface area contributed by atoms with Gasteiger partial charge in [0.15, 0.2) is 0 Å². The Morgan fingerprint density at radius 2 is 1.65 bits per heavy atom. The zero-order chi connectivity index (χ0) is 11.2. The van der Waals surface area contributed by atoms with Crippen molar-refractivity contribution < 1.29 is 0 Å². The molecule has 0 saturated heterocycles. The van der Waals surface area contributed by atoms with Crippen LogP contribution in [0.15, 0.2) is 54.8 Å². The Labute approximate surface area is 119 Å². The van der Waals surface area contributed by atoms with Crippen LogP contribution in [-0.4, -0.2) is 0 Å². The molecule has 0 unspecified atom stereocenters. The third-order valence-corrected chi connectivity index (χ3v) is 1.92. The lowest BCUT2D eigenvalue weighted by Crippen LogP contribution is -1.71. The molecule has 0 aromatic carbocycles. The molecule has 0 aliphatic heterocycles. The average molecular weight is 275 g/mol. The molecule has 0 radical (unpaired) electrons. The van der Waals surface area contributed by atoms with Crippen LogP contribution in [-0.2, 0) is 0 Å². The molecule has 0 aliphatic rings. The van der Waals surface area contributed by atoms with Gasteiger partial charge in [-0.25, -0.2) is 0 Å². The molecule has 0 saturated carbocycles. The van der Waals surface area contributed by atoms with Gasteiger partial charge in [0.25, 0.3) is 0 Å². The second kappa shape index (κ2) is 20.7. The van der Waals surface area contributed by atoms with E-state index in [0.717, 1.165) is 12.8 Å². The molecule has 0 aromatic rings. The second-order valence-corrected chi connectivity index (χ2v) is 3.32. The lowest BCUT2D eigenvalue weighted by molar-refractivity contribution is 0.762. The van der Waals surface area contributed by atoms with Crippen molar-refractivity contribution in [3.8, 4) is 0 Å². The fourth-order valence-corrected chi connectivity index (χ4v) is 1.12. The first-order valence-electron chi connectivity index (χ1n) is 5.75. The molecule has 2 heteroatoms. The lowest BCUT2D eigenvalue weighted by Gasteiger charge is -1.90. The Balaban J connectivity index is -0.000000980. The Morgan fingerprint density at radius 1 is 1.00 bits per heavy atom. The van der Waals surface area contributed by atoms with Crippen molar-refractivity contribution in [2.75, 3.05) is 0 Å². The SMILES string of the molecule is C=CC=C=CCCCC/C=C/C=C/CC.Cl.Cl. The highest BCUT2D eigenvalue weighted by atomic mass is 35.5. The smallest absolute Gasteiger partial charge is 0.0209 e. The first-order chi connectivity index (χ1) is 7.41. The summed E-state index contributed by atoms with van der Waals surface area (Å²) in [6.45, 7) is 5.74. The van der Waals surface area contributed by atoms with Gasteiger partial charge in [-0.15, -0.1) is 30.5 Å². The number of hydrogen-bond donors (Lipinski definition) is 0. The largest absolute Gasteiger partial charge is 0.147 e. The van der Waals surface area contributed by atoms with Crippen LogP contribution in [0.4, 0.5) is 0 Å². The summed E-state index contributed by atoms with van der Waals surface area (Å²) in [6.07, 6.45) is 20.2. The summed E-state index contributed by atoms with van der Waals surface area (Å²) < 4.78 is 0. The normalized spacial score (nSPS) is 9.24. The van der Waals surface area contributed by atoms with E-state index < -0.39 is 0 Å². The Bertz CT molecular complexity index is 256. The molecule has 0 fully saturated rings. The van der Waals surface area contributed by atoms with Crippen LogP contribution < -0.4 is 0 Å². The minimum absolute atomic E-state index is 0. The van der Waals surface area contributed by atoms with Gasteiger partial charge in [0.1, 0.15) is 0 Å².